The number of carboxylic acids is 1. The van der Waals surface area contributed by atoms with Gasteiger partial charge < -0.3 is 9.84 Å². The van der Waals surface area contributed by atoms with Gasteiger partial charge in [-0.05, 0) is 12.1 Å². The molecule has 76 valence electrons. The summed E-state index contributed by atoms with van der Waals surface area (Å²) in [5.41, 5.74) is -0.394. The lowest BCUT2D eigenvalue weighted by molar-refractivity contribution is -0.161. The fourth-order valence-electron chi connectivity index (χ4n) is 0.805. The number of alkyl halides is 2. The number of rotatable bonds is 3. The Morgan fingerprint density at radius 2 is 2.29 bits per heavy atom. The Morgan fingerprint density at radius 1 is 1.64 bits per heavy atom. The molecule has 14 heavy (non-hydrogen) atoms. The monoisotopic (exact) mass is 203 g/mol. The summed E-state index contributed by atoms with van der Waals surface area (Å²) in [6, 6.07) is 2.46. The lowest BCUT2D eigenvalue weighted by Crippen LogP contribution is -2.21. The lowest BCUT2D eigenvalue weighted by Gasteiger charge is -2.12. The van der Waals surface area contributed by atoms with Crippen molar-refractivity contribution in [2.24, 2.45) is 0 Å². The van der Waals surface area contributed by atoms with Crippen molar-refractivity contribution in [2.75, 3.05) is 0 Å². The lowest BCUT2D eigenvalue weighted by atomic mass is 10.3. The maximum absolute atomic E-state index is 12.4. The standard InChI is InChI=1S/C8H7F2NO3/c1-8(9,10)14-6-5(7(12)13)3-2-4-11-6/h2-4H,1H3,(H,12,13). The number of aromatic nitrogens is 1. The third kappa shape index (κ3) is 2.65. The van der Waals surface area contributed by atoms with E-state index in [1.165, 1.54) is 12.3 Å². The van der Waals surface area contributed by atoms with Gasteiger partial charge in [0.1, 0.15) is 5.56 Å². The summed E-state index contributed by atoms with van der Waals surface area (Å²) >= 11 is 0. The molecule has 0 aliphatic rings. The molecule has 1 heterocycles. The van der Waals surface area contributed by atoms with Gasteiger partial charge in [-0.2, -0.15) is 8.78 Å². The van der Waals surface area contributed by atoms with Crippen LogP contribution in [0.15, 0.2) is 18.3 Å². The van der Waals surface area contributed by atoms with E-state index >= 15 is 0 Å². The average molecular weight is 203 g/mol. The SMILES string of the molecule is CC(F)(F)Oc1ncccc1C(=O)O. The highest BCUT2D eigenvalue weighted by Gasteiger charge is 2.26. The topological polar surface area (TPSA) is 59.4 Å². The average Bonchev–Trinajstić information content (AvgIpc) is 2.01. The molecule has 0 unspecified atom stereocenters. The Bertz CT molecular complexity index is 349. The summed E-state index contributed by atoms with van der Waals surface area (Å²) in [6.07, 6.45) is -2.27. The maximum Gasteiger partial charge on any atom is 0.396 e. The quantitative estimate of drug-likeness (QED) is 0.813. The van der Waals surface area contributed by atoms with Crippen LogP contribution in [-0.4, -0.2) is 22.2 Å². The van der Waals surface area contributed by atoms with Crippen molar-refractivity contribution in [2.45, 2.75) is 13.0 Å². The highest BCUT2D eigenvalue weighted by Crippen LogP contribution is 2.22. The summed E-state index contributed by atoms with van der Waals surface area (Å²) in [5.74, 6) is -1.95. The van der Waals surface area contributed by atoms with Gasteiger partial charge in [0.05, 0.1) is 0 Å². The van der Waals surface area contributed by atoms with Crippen LogP contribution in [0.25, 0.3) is 0 Å². The van der Waals surface area contributed by atoms with Crippen LogP contribution in [0.3, 0.4) is 0 Å². The number of carboxylic acid groups (broad SMARTS) is 1. The van der Waals surface area contributed by atoms with Crippen molar-refractivity contribution in [3.63, 3.8) is 0 Å². The fraction of sp³-hybridized carbons (Fsp3) is 0.250. The van der Waals surface area contributed by atoms with Gasteiger partial charge in [0.2, 0.25) is 5.88 Å². The molecule has 1 aromatic heterocycles. The molecule has 0 aliphatic carbocycles. The summed E-state index contributed by atoms with van der Waals surface area (Å²) in [5, 5.41) is 8.60. The summed E-state index contributed by atoms with van der Waals surface area (Å²) in [7, 11) is 0. The number of nitrogens with zero attached hydrogens (tertiary/aromatic N) is 1. The van der Waals surface area contributed by atoms with Crippen molar-refractivity contribution >= 4 is 5.97 Å². The number of hydrogen-bond donors (Lipinski definition) is 1. The molecule has 1 rings (SSSR count). The van der Waals surface area contributed by atoms with Gasteiger partial charge >= 0.3 is 12.1 Å². The summed E-state index contributed by atoms with van der Waals surface area (Å²) < 4.78 is 28.9. The van der Waals surface area contributed by atoms with Crippen LogP contribution >= 0.6 is 0 Å². The first-order valence-corrected chi connectivity index (χ1v) is 3.65. The number of pyridine rings is 1. The highest BCUT2D eigenvalue weighted by atomic mass is 19.3. The van der Waals surface area contributed by atoms with Crippen molar-refractivity contribution < 1.29 is 23.4 Å². The minimum atomic E-state index is -3.45. The number of ether oxygens (including phenoxy) is 1. The zero-order chi connectivity index (χ0) is 10.8. The Hall–Kier alpha value is -1.72. The van der Waals surface area contributed by atoms with Crippen molar-refractivity contribution in [3.05, 3.63) is 23.9 Å². The molecule has 0 saturated carbocycles. The molecule has 1 aromatic rings. The second-order valence-corrected chi connectivity index (χ2v) is 2.57. The Kier molecular flexibility index (Phi) is 2.64. The van der Waals surface area contributed by atoms with Gasteiger partial charge in [0, 0.05) is 13.1 Å². The van der Waals surface area contributed by atoms with E-state index in [4.69, 9.17) is 5.11 Å². The van der Waals surface area contributed by atoms with E-state index in [0.717, 1.165) is 6.07 Å². The number of hydrogen-bond acceptors (Lipinski definition) is 3. The largest absolute Gasteiger partial charge is 0.477 e. The van der Waals surface area contributed by atoms with Crippen LogP contribution < -0.4 is 4.74 Å². The normalized spacial score (nSPS) is 11.1. The Balaban J connectivity index is 3.02. The maximum atomic E-state index is 12.4. The van der Waals surface area contributed by atoms with Crippen molar-refractivity contribution in [3.8, 4) is 5.88 Å². The van der Waals surface area contributed by atoms with Crippen LogP contribution in [0, 0.1) is 0 Å². The molecule has 0 spiro atoms. The Morgan fingerprint density at radius 3 is 2.79 bits per heavy atom. The molecule has 0 atom stereocenters. The smallest absolute Gasteiger partial charge is 0.396 e. The zero-order valence-corrected chi connectivity index (χ0v) is 7.20. The molecule has 0 aromatic carbocycles. The van der Waals surface area contributed by atoms with E-state index in [1.54, 1.807) is 0 Å². The van der Waals surface area contributed by atoms with Crippen molar-refractivity contribution in [1.29, 1.82) is 0 Å². The third-order valence-corrected chi connectivity index (χ3v) is 1.28. The molecular weight excluding hydrogens is 196 g/mol. The summed E-state index contributed by atoms with van der Waals surface area (Å²) in [4.78, 5) is 13.9. The first kappa shape index (κ1) is 10.4. The molecule has 0 bridgehead atoms. The van der Waals surface area contributed by atoms with Crippen LogP contribution in [0.1, 0.15) is 17.3 Å². The molecule has 0 aliphatic heterocycles. The molecule has 0 saturated heterocycles. The van der Waals surface area contributed by atoms with E-state index in [-0.39, 0.29) is 0 Å². The van der Waals surface area contributed by atoms with E-state index < -0.39 is 23.5 Å². The predicted molar refractivity (Wildman–Crippen MR) is 42.4 cm³/mol. The van der Waals surface area contributed by atoms with E-state index in [9.17, 15) is 13.6 Å². The molecule has 6 heteroatoms. The van der Waals surface area contributed by atoms with Crippen LogP contribution in [0.5, 0.6) is 5.88 Å². The molecule has 0 fully saturated rings. The molecule has 0 amide bonds. The van der Waals surface area contributed by atoms with E-state index in [1.807, 2.05) is 0 Å². The number of aromatic carboxylic acids is 1. The first-order valence-electron chi connectivity index (χ1n) is 3.65. The number of halogens is 2. The van der Waals surface area contributed by atoms with E-state index in [2.05, 4.69) is 9.72 Å². The predicted octanol–water partition coefficient (Wildman–Crippen LogP) is 1.77. The van der Waals surface area contributed by atoms with Gasteiger partial charge in [-0.3, -0.25) is 0 Å². The molecule has 1 N–H and O–H groups in total. The van der Waals surface area contributed by atoms with Gasteiger partial charge in [0.15, 0.2) is 0 Å². The van der Waals surface area contributed by atoms with Gasteiger partial charge in [0.25, 0.3) is 0 Å². The number of carbonyl (C=O) groups is 1. The molecular formula is C8H7F2NO3. The second kappa shape index (κ2) is 3.57. The van der Waals surface area contributed by atoms with Crippen LogP contribution in [0.2, 0.25) is 0 Å². The second-order valence-electron chi connectivity index (χ2n) is 2.57. The zero-order valence-electron chi connectivity index (χ0n) is 7.20. The van der Waals surface area contributed by atoms with Crippen molar-refractivity contribution in [1.82, 2.24) is 4.98 Å². The fourth-order valence-corrected chi connectivity index (χ4v) is 0.805. The van der Waals surface area contributed by atoms with Crippen LogP contribution in [-0.2, 0) is 0 Å². The third-order valence-electron chi connectivity index (χ3n) is 1.28. The van der Waals surface area contributed by atoms with Gasteiger partial charge in [-0.15, -0.1) is 0 Å². The first-order chi connectivity index (χ1) is 6.40. The minimum absolute atomic E-state index is 0.394. The summed E-state index contributed by atoms with van der Waals surface area (Å²) in [6.45, 7) is 0.507. The van der Waals surface area contributed by atoms with Crippen LogP contribution in [0.4, 0.5) is 8.78 Å². The minimum Gasteiger partial charge on any atom is -0.477 e. The molecule has 0 radical (unpaired) electrons. The van der Waals surface area contributed by atoms with Gasteiger partial charge in [-0.25, -0.2) is 9.78 Å². The Labute approximate surface area is 78.1 Å². The highest BCUT2D eigenvalue weighted by molar-refractivity contribution is 5.90. The molecule has 4 nitrogen and oxygen atoms in total. The van der Waals surface area contributed by atoms with Gasteiger partial charge in [-0.1, -0.05) is 0 Å². The van der Waals surface area contributed by atoms with E-state index in [0.29, 0.717) is 6.92 Å².